The summed E-state index contributed by atoms with van der Waals surface area (Å²) in [5.41, 5.74) is 0. The highest BCUT2D eigenvalue weighted by molar-refractivity contribution is 7.11. The number of hydrogen-bond donors (Lipinski definition) is 1. The molecule has 78 valence electrons. The highest BCUT2D eigenvalue weighted by Crippen LogP contribution is 2.42. The van der Waals surface area contributed by atoms with Crippen LogP contribution in [0, 0.1) is 0 Å². The van der Waals surface area contributed by atoms with Crippen LogP contribution in [0.1, 0.15) is 55.0 Å². The molecule has 2 nitrogen and oxygen atoms in total. The standard InChI is InChI=1S/C11H18N2S/c1-3-6-12-8(2)10-7-13-11(14-10)9-4-5-9/h7-9,12H,3-6H2,1-2H3. The van der Waals surface area contributed by atoms with Gasteiger partial charge in [0.2, 0.25) is 0 Å². The van der Waals surface area contributed by atoms with E-state index in [0.717, 1.165) is 12.5 Å². The van der Waals surface area contributed by atoms with E-state index in [1.165, 1.54) is 29.1 Å². The molecule has 0 spiro atoms. The lowest BCUT2D eigenvalue weighted by molar-refractivity contribution is 0.577. The first-order chi connectivity index (χ1) is 6.81. The first-order valence-corrected chi connectivity index (χ1v) is 6.32. The Morgan fingerprint density at radius 2 is 2.43 bits per heavy atom. The van der Waals surface area contributed by atoms with E-state index in [2.05, 4.69) is 24.1 Å². The van der Waals surface area contributed by atoms with Crippen LogP contribution in [0.25, 0.3) is 0 Å². The fourth-order valence-electron chi connectivity index (χ4n) is 1.48. The Labute approximate surface area is 89.8 Å². The minimum Gasteiger partial charge on any atom is -0.309 e. The molecule has 1 heterocycles. The number of aromatic nitrogens is 1. The molecule has 1 fully saturated rings. The number of thiazole rings is 1. The van der Waals surface area contributed by atoms with Crippen molar-refractivity contribution < 1.29 is 0 Å². The summed E-state index contributed by atoms with van der Waals surface area (Å²) < 4.78 is 0. The lowest BCUT2D eigenvalue weighted by atomic mass is 10.3. The molecule has 3 heteroatoms. The van der Waals surface area contributed by atoms with Crippen molar-refractivity contribution >= 4 is 11.3 Å². The maximum Gasteiger partial charge on any atom is 0.0959 e. The van der Waals surface area contributed by atoms with Gasteiger partial charge in [-0.1, -0.05) is 6.92 Å². The van der Waals surface area contributed by atoms with Crippen LogP contribution in [0.5, 0.6) is 0 Å². The molecule has 0 radical (unpaired) electrons. The second-order valence-electron chi connectivity index (χ2n) is 4.05. The number of nitrogens with one attached hydrogen (secondary N) is 1. The molecule has 0 amide bonds. The molecule has 14 heavy (non-hydrogen) atoms. The molecule has 1 saturated carbocycles. The molecule has 1 atom stereocenters. The fraction of sp³-hybridized carbons (Fsp3) is 0.727. The van der Waals surface area contributed by atoms with Crippen molar-refractivity contribution in [1.29, 1.82) is 0 Å². The molecule has 0 aliphatic heterocycles. The van der Waals surface area contributed by atoms with Crippen molar-refractivity contribution in [3.8, 4) is 0 Å². The van der Waals surface area contributed by atoms with E-state index in [4.69, 9.17) is 0 Å². The zero-order valence-electron chi connectivity index (χ0n) is 8.92. The largest absolute Gasteiger partial charge is 0.309 e. The van der Waals surface area contributed by atoms with Gasteiger partial charge in [0, 0.05) is 23.0 Å². The van der Waals surface area contributed by atoms with Gasteiger partial charge in [-0.15, -0.1) is 11.3 Å². The van der Waals surface area contributed by atoms with Crippen molar-refractivity contribution in [2.24, 2.45) is 0 Å². The predicted molar refractivity (Wildman–Crippen MR) is 60.8 cm³/mol. The molecule has 1 N–H and O–H groups in total. The molecule has 0 saturated heterocycles. The Balaban J connectivity index is 1.93. The SMILES string of the molecule is CCCNC(C)c1cnc(C2CC2)s1. The molecule has 1 aliphatic rings. The van der Waals surface area contributed by atoms with Gasteiger partial charge in [-0.25, -0.2) is 4.98 Å². The summed E-state index contributed by atoms with van der Waals surface area (Å²) in [4.78, 5) is 5.88. The van der Waals surface area contributed by atoms with E-state index >= 15 is 0 Å². The highest BCUT2D eigenvalue weighted by Gasteiger charge is 2.27. The van der Waals surface area contributed by atoms with Crippen LogP contribution in [0.2, 0.25) is 0 Å². The van der Waals surface area contributed by atoms with Crippen LogP contribution in [-0.2, 0) is 0 Å². The molecular formula is C11H18N2S. The smallest absolute Gasteiger partial charge is 0.0959 e. The Morgan fingerprint density at radius 3 is 3.07 bits per heavy atom. The van der Waals surface area contributed by atoms with Gasteiger partial charge in [0.15, 0.2) is 0 Å². The summed E-state index contributed by atoms with van der Waals surface area (Å²) >= 11 is 1.89. The predicted octanol–water partition coefficient (Wildman–Crippen LogP) is 3.08. The molecule has 0 bridgehead atoms. The van der Waals surface area contributed by atoms with Crippen molar-refractivity contribution in [3.05, 3.63) is 16.1 Å². The zero-order valence-corrected chi connectivity index (χ0v) is 9.73. The third-order valence-electron chi connectivity index (χ3n) is 2.60. The second kappa shape index (κ2) is 4.41. The van der Waals surface area contributed by atoms with Crippen LogP contribution in [-0.4, -0.2) is 11.5 Å². The summed E-state index contributed by atoms with van der Waals surface area (Å²) in [6, 6.07) is 0.472. The number of rotatable bonds is 5. The van der Waals surface area contributed by atoms with Crippen LogP contribution in [0.15, 0.2) is 6.20 Å². The van der Waals surface area contributed by atoms with Crippen LogP contribution in [0.3, 0.4) is 0 Å². The first-order valence-electron chi connectivity index (χ1n) is 5.50. The van der Waals surface area contributed by atoms with Crippen LogP contribution in [0.4, 0.5) is 0 Å². The highest BCUT2D eigenvalue weighted by atomic mass is 32.1. The molecule has 1 aromatic heterocycles. The summed E-state index contributed by atoms with van der Waals surface area (Å²) in [7, 11) is 0. The van der Waals surface area contributed by atoms with Gasteiger partial charge < -0.3 is 5.32 Å². The summed E-state index contributed by atoms with van der Waals surface area (Å²) in [5, 5.41) is 4.84. The zero-order chi connectivity index (χ0) is 9.97. The van der Waals surface area contributed by atoms with E-state index < -0.39 is 0 Å². The van der Waals surface area contributed by atoms with Gasteiger partial charge >= 0.3 is 0 Å². The molecule has 2 rings (SSSR count). The minimum absolute atomic E-state index is 0.472. The Hall–Kier alpha value is -0.410. The lowest BCUT2D eigenvalue weighted by Gasteiger charge is -2.09. The molecule has 1 unspecified atom stereocenters. The third-order valence-corrected chi connectivity index (χ3v) is 3.94. The van der Waals surface area contributed by atoms with E-state index in [1.54, 1.807) is 0 Å². The Morgan fingerprint density at radius 1 is 1.64 bits per heavy atom. The van der Waals surface area contributed by atoms with Gasteiger partial charge in [0.25, 0.3) is 0 Å². The van der Waals surface area contributed by atoms with Gasteiger partial charge in [-0.2, -0.15) is 0 Å². The third kappa shape index (κ3) is 2.34. The maximum absolute atomic E-state index is 4.49. The maximum atomic E-state index is 4.49. The van der Waals surface area contributed by atoms with Gasteiger partial charge in [-0.05, 0) is 32.7 Å². The van der Waals surface area contributed by atoms with Crippen molar-refractivity contribution in [2.75, 3.05) is 6.54 Å². The topological polar surface area (TPSA) is 24.9 Å². The van der Waals surface area contributed by atoms with E-state index in [1.807, 2.05) is 17.5 Å². The van der Waals surface area contributed by atoms with Gasteiger partial charge in [0.05, 0.1) is 5.01 Å². The van der Waals surface area contributed by atoms with Crippen LogP contribution >= 0.6 is 11.3 Å². The van der Waals surface area contributed by atoms with Crippen LogP contribution < -0.4 is 5.32 Å². The first kappa shape index (κ1) is 10.1. The summed E-state index contributed by atoms with van der Waals surface area (Å²) in [5.74, 6) is 0.798. The quantitative estimate of drug-likeness (QED) is 0.808. The Kier molecular flexibility index (Phi) is 3.19. The van der Waals surface area contributed by atoms with E-state index in [9.17, 15) is 0 Å². The van der Waals surface area contributed by atoms with Gasteiger partial charge in [-0.3, -0.25) is 0 Å². The molecular weight excluding hydrogens is 192 g/mol. The van der Waals surface area contributed by atoms with E-state index in [0.29, 0.717) is 6.04 Å². The molecule has 1 aliphatic carbocycles. The fourth-order valence-corrected chi connectivity index (χ4v) is 2.60. The molecule has 0 aromatic carbocycles. The monoisotopic (exact) mass is 210 g/mol. The van der Waals surface area contributed by atoms with Gasteiger partial charge in [0.1, 0.15) is 0 Å². The average molecular weight is 210 g/mol. The Bertz CT molecular complexity index is 291. The number of hydrogen-bond acceptors (Lipinski definition) is 3. The van der Waals surface area contributed by atoms with Crippen molar-refractivity contribution in [3.63, 3.8) is 0 Å². The van der Waals surface area contributed by atoms with Crippen molar-refractivity contribution in [1.82, 2.24) is 10.3 Å². The lowest BCUT2D eigenvalue weighted by Crippen LogP contribution is -2.18. The summed E-state index contributed by atoms with van der Waals surface area (Å²) in [6.45, 7) is 5.51. The summed E-state index contributed by atoms with van der Waals surface area (Å²) in [6.07, 6.45) is 5.94. The normalized spacial score (nSPS) is 18.4. The second-order valence-corrected chi connectivity index (χ2v) is 5.14. The minimum atomic E-state index is 0.472. The molecule has 1 aromatic rings. The van der Waals surface area contributed by atoms with Crippen molar-refractivity contribution in [2.45, 2.75) is 45.1 Å². The number of nitrogens with zero attached hydrogens (tertiary/aromatic N) is 1. The van der Waals surface area contributed by atoms with E-state index in [-0.39, 0.29) is 0 Å². The average Bonchev–Trinajstić information content (AvgIpc) is 2.93.